The number of benzene rings is 3. The number of aryl methyl sites for hydroxylation is 1. The monoisotopic (exact) mass is 606 g/mol. The fourth-order valence-corrected chi connectivity index (χ4v) is 6.33. The van der Waals surface area contributed by atoms with Crippen LogP contribution in [-0.2, 0) is 29.6 Å². The molecule has 6 rings (SSSR count). The fourth-order valence-electron chi connectivity index (χ4n) is 6.33. The second kappa shape index (κ2) is 12.3. The summed E-state index contributed by atoms with van der Waals surface area (Å²) in [5, 5.41) is 14.5. The highest BCUT2D eigenvalue weighted by molar-refractivity contribution is 5.90. The van der Waals surface area contributed by atoms with Crippen LogP contribution < -0.4 is 15.4 Å². The summed E-state index contributed by atoms with van der Waals surface area (Å²) in [7, 11) is 1.81. The molecular formula is C32H33F3N6O3. The molecule has 4 atom stereocenters. The molecule has 12 heteroatoms. The molecule has 9 nitrogen and oxygen atoms in total. The van der Waals surface area contributed by atoms with Crippen molar-refractivity contribution >= 4 is 22.8 Å². The van der Waals surface area contributed by atoms with E-state index in [1.807, 2.05) is 43.4 Å². The van der Waals surface area contributed by atoms with Crippen molar-refractivity contribution in [3.63, 3.8) is 0 Å². The van der Waals surface area contributed by atoms with Crippen LogP contribution in [0.3, 0.4) is 0 Å². The van der Waals surface area contributed by atoms with Crippen LogP contribution in [0.4, 0.5) is 13.2 Å². The SMILES string of the molecule is Cn1nnc2cc(CNC(=O)[C@@H]3C[C@@H](Cc4ccc(OC(F)(F)F)cc4)CN3C(=O)[C@H]3C[C@@H](c4ccccc4)CN3)ccc21. The summed E-state index contributed by atoms with van der Waals surface area (Å²) in [4.78, 5) is 29.2. The van der Waals surface area contributed by atoms with Crippen LogP contribution >= 0.6 is 0 Å². The van der Waals surface area contributed by atoms with E-state index in [2.05, 4.69) is 37.8 Å². The molecule has 2 amide bonds. The molecule has 44 heavy (non-hydrogen) atoms. The second-order valence-electron chi connectivity index (χ2n) is 11.6. The maximum absolute atomic E-state index is 13.9. The molecular weight excluding hydrogens is 573 g/mol. The lowest BCUT2D eigenvalue weighted by Crippen LogP contribution is -2.51. The molecule has 2 fully saturated rings. The number of likely N-dealkylation sites (tertiary alicyclic amines) is 1. The number of ether oxygens (including phenoxy) is 1. The van der Waals surface area contributed by atoms with Crippen molar-refractivity contribution in [2.24, 2.45) is 13.0 Å². The van der Waals surface area contributed by atoms with Crippen LogP contribution in [0.25, 0.3) is 11.0 Å². The van der Waals surface area contributed by atoms with Gasteiger partial charge in [-0.2, -0.15) is 0 Å². The van der Waals surface area contributed by atoms with Gasteiger partial charge in [-0.3, -0.25) is 9.59 Å². The fraction of sp³-hybridized carbons (Fsp3) is 0.375. The first-order valence-electron chi connectivity index (χ1n) is 14.6. The molecule has 1 aromatic heterocycles. The first-order chi connectivity index (χ1) is 21.1. The van der Waals surface area contributed by atoms with Crippen molar-refractivity contribution in [3.05, 3.63) is 89.5 Å². The van der Waals surface area contributed by atoms with Gasteiger partial charge in [-0.1, -0.05) is 53.7 Å². The lowest BCUT2D eigenvalue weighted by atomic mass is 9.96. The number of aromatic nitrogens is 3. The topological polar surface area (TPSA) is 101 Å². The summed E-state index contributed by atoms with van der Waals surface area (Å²) in [5.74, 6) is -0.495. The van der Waals surface area contributed by atoms with Gasteiger partial charge in [0.2, 0.25) is 11.8 Å². The zero-order valence-electron chi connectivity index (χ0n) is 24.1. The van der Waals surface area contributed by atoms with Gasteiger partial charge in [-0.15, -0.1) is 18.3 Å². The maximum atomic E-state index is 13.9. The van der Waals surface area contributed by atoms with Gasteiger partial charge in [0.15, 0.2) is 0 Å². The number of hydrogen-bond acceptors (Lipinski definition) is 6. The molecule has 2 saturated heterocycles. The van der Waals surface area contributed by atoms with Crippen LogP contribution in [0, 0.1) is 5.92 Å². The quantitative estimate of drug-likeness (QED) is 0.314. The molecule has 0 bridgehead atoms. The molecule has 3 aromatic carbocycles. The van der Waals surface area contributed by atoms with E-state index >= 15 is 0 Å². The number of carbonyl (C=O) groups is 2. The lowest BCUT2D eigenvalue weighted by molar-refractivity contribution is -0.274. The summed E-state index contributed by atoms with van der Waals surface area (Å²) in [6.07, 6.45) is -3.18. The van der Waals surface area contributed by atoms with Crippen LogP contribution in [0.15, 0.2) is 72.8 Å². The Balaban J connectivity index is 1.15. The van der Waals surface area contributed by atoms with Crippen LogP contribution in [0.2, 0.25) is 0 Å². The molecule has 2 aliphatic rings. The molecule has 2 aliphatic heterocycles. The van der Waals surface area contributed by atoms with E-state index in [9.17, 15) is 22.8 Å². The van der Waals surface area contributed by atoms with Crippen molar-refractivity contribution in [2.45, 2.75) is 50.2 Å². The third kappa shape index (κ3) is 6.70. The minimum atomic E-state index is -4.76. The Morgan fingerprint density at radius 1 is 1.02 bits per heavy atom. The number of fused-ring (bicyclic) bond motifs is 1. The Kier molecular flexibility index (Phi) is 8.26. The average molecular weight is 607 g/mol. The van der Waals surface area contributed by atoms with Gasteiger partial charge < -0.3 is 20.3 Å². The third-order valence-electron chi connectivity index (χ3n) is 8.50. The van der Waals surface area contributed by atoms with E-state index in [-0.39, 0.29) is 35.9 Å². The van der Waals surface area contributed by atoms with Crippen LogP contribution in [0.5, 0.6) is 5.75 Å². The van der Waals surface area contributed by atoms with Gasteiger partial charge in [-0.25, -0.2) is 4.68 Å². The first-order valence-corrected chi connectivity index (χ1v) is 14.6. The van der Waals surface area contributed by atoms with Gasteiger partial charge in [0, 0.05) is 26.7 Å². The van der Waals surface area contributed by atoms with Crippen molar-refractivity contribution in [1.29, 1.82) is 0 Å². The predicted octanol–water partition coefficient (Wildman–Crippen LogP) is 4.09. The van der Waals surface area contributed by atoms with Gasteiger partial charge in [0.05, 0.1) is 11.6 Å². The molecule has 0 saturated carbocycles. The highest BCUT2D eigenvalue weighted by Crippen LogP contribution is 2.32. The number of nitrogens with one attached hydrogen (secondary N) is 2. The largest absolute Gasteiger partial charge is 0.573 e. The molecule has 4 aromatic rings. The molecule has 0 unspecified atom stereocenters. The highest BCUT2D eigenvalue weighted by atomic mass is 19.4. The lowest BCUT2D eigenvalue weighted by Gasteiger charge is -2.27. The number of hydrogen-bond donors (Lipinski definition) is 2. The van der Waals surface area contributed by atoms with Crippen molar-refractivity contribution in [2.75, 3.05) is 13.1 Å². The molecule has 0 aliphatic carbocycles. The Morgan fingerprint density at radius 2 is 1.77 bits per heavy atom. The van der Waals surface area contributed by atoms with Gasteiger partial charge in [-0.05, 0) is 72.1 Å². The number of halogens is 3. The van der Waals surface area contributed by atoms with E-state index in [0.29, 0.717) is 32.4 Å². The molecule has 2 N–H and O–H groups in total. The summed E-state index contributed by atoms with van der Waals surface area (Å²) in [5.41, 5.74) is 4.44. The summed E-state index contributed by atoms with van der Waals surface area (Å²) >= 11 is 0. The summed E-state index contributed by atoms with van der Waals surface area (Å²) in [6.45, 7) is 1.32. The summed E-state index contributed by atoms with van der Waals surface area (Å²) < 4.78 is 43.4. The normalized spacial score (nSPS) is 22.0. The van der Waals surface area contributed by atoms with E-state index in [1.165, 1.54) is 17.7 Å². The van der Waals surface area contributed by atoms with Crippen molar-refractivity contribution < 1.29 is 27.5 Å². The van der Waals surface area contributed by atoms with E-state index in [4.69, 9.17) is 0 Å². The molecule has 0 radical (unpaired) electrons. The number of nitrogens with zero attached hydrogens (tertiary/aromatic N) is 4. The number of carbonyl (C=O) groups excluding carboxylic acids is 2. The van der Waals surface area contributed by atoms with Gasteiger partial charge in [0.1, 0.15) is 17.3 Å². The number of alkyl halides is 3. The minimum Gasteiger partial charge on any atom is -0.406 e. The highest BCUT2D eigenvalue weighted by Gasteiger charge is 2.43. The Morgan fingerprint density at radius 3 is 2.52 bits per heavy atom. The predicted molar refractivity (Wildman–Crippen MR) is 156 cm³/mol. The average Bonchev–Trinajstić information content (AvgIpc) is 3.75. The number of rotatable bonds is 8. The van der Waals surface area contributed by atoms with Crippen LogP contribution in [0.1, 0.15) is 35.4 Å². The zero-order valence-corrected chi connectivity index (χ0v) is 24.1. The minimum absolute atomic E-state index is 0.0497. The molecule has 230 valence electrons. The molecule has 3 heterocycles. The Hall–Kier alpha value is -4.45. The van der Waals surface area contributed by atoms with E-state index < -0.39 is 18.4 Å². The number of amides is 2. The van der Waals surface area contributed by atoms with Crippen molar-refractivity contribution in [3.8, 4) is 5.75 Å². The second-order valence-corrected chi connectivity index (χ2v) is 11.6. The van der Waals surface area contributed by atoms with Crippen molar-refractivity contribution in [1.82, 2.24) is 30.5 Å². The molecule has 0 spiro atoms. The first kappa shape index (κ1) is 29.6. The van der Waals surface area contributed by atoms with Gasteiger partial charge in [0.25, 0.3) is 0 Å². The Labute approximate surface area is 252 Å². The maximum Gasteiger partial charge on any atom is 0.573 e. The smallest absolute Gasteiger partial charge is 0.406 e. The van der Waals surface area contributed by atoms with Gasteiger partial charge >= 0.3 is 6.36 Å². The van der Waals surface area contributed by atoms with Crippen LogP contribution in [-0.4, -0.2) is 63.2 Å². The van der Waals surface area contributed by atoms with E-state index in [1.54, 1.807) is 21.7 Å². The Bertz CT molecular complexity index is 1630. The standard InChI is InChI=1S/C32H33F3N6O3/c1-40-28-12-9-21(14-26(28)38-39-40)17-37-30(42)29-15-22(13-20-7-10-25(11-8-20)44-32(33,34)35)19-41(29)31(43)27-16-24(18-36-27)23-5-3-2-4-6-23/h2-12,14,22,24,27,29,36H,13,15-19H2,1H3,(H,37,42)/t22-,24-,27-,29+/m1/s1. The third-order valence-corrected chi connectivity index (χ3v) is 8.50. The van der Waals surface area contributed by atoms with E-state index in [0.717, 1.165) is 22.2 Å². The zero-order chi connectivity index (χ0) is 30.8. The summed E-state index contributed by atoms with van der Waals surface area (Å²) in [6, 6.07) is 20.4.